The van der Waals surface area contributed by atoms with Gasteiger partial charge in [-0.1, -0.05) is 6.07 Å². The summed E-state index contributed by atoms with van der Waals surface area (Å²) in [7, 11) is 0. The number of halogens is 1. The molecule has 3 aliphatic rings. The third-order valence-corrected chi connectivity index (χ3v) is 6.58. The molecule has 0 spiro atoms. The molecule has 1 aromatic rings. The van der Waals surface area contributed by atoms with Gasteiger partial charge >= 0.3 is 0 Å². The molecule has 1 atom stereocenters. The molecule has 2 amide bonds. The molecule has 7 heteroatoms. The topological polar surface area (TPSA) is 73.5 Å². The number of hydrogen-bond acceptors (Lipinski definition) is 5. The summed E-state index contributed by atoms with van der Waals surface area (Å²) in [5.41, 5.74) is 1.37. The van der Waals surface area contributed by atoms with Crippen molar-refractivity contribution in [2.24, 2.45) is 5.92 Å². The molecular formula is C22H31FN4O2. The first-order valence-corrected chi connectivity index (χ1v) is 10.9. The number of benzene rings is 1. The van der Waals surface area contributed by atoms with Gasteiger partial charge < -0.3 is 15.5 Å². The highest BCUT2D eigenvalue weighted by Crippen LogP contribution is 2.32. The number of amides is 2. The van der Waals surface area contributed by atoms with E-state index in [4.69, 9.17) is 0 Å². The molecule has 158 valence electrons. The number of likely N-dealkylation sites (tertiary alicyclic amines) is 1. The molecular weight excluding hydrogens is 371 g/mol. The first-order valence-electron chi connectivity index (χ1n) is 10.9. The van der Waals surface area contributed by atoms with Crippen LogP contribution in [0.15, 0.2) is 18.2 Å². The molecule has 3 saturated heterocycles. The molecule has 0 bridgehead atoms. The van der Waals surface area contributed by atoms with Crippen LogP contribution in [0.2, 0.25) is 0 Å². The van der Waals surface area contributed by atoms with Gasteiger partial charge in [0.25, 0.3) is 0 Å². The number of nitrogens with zero attached hydrogens (tertiary/aromatic N) is 1. The Balaban J connectivity index is 1.30. The molecule has 29 heavy (non-hydrogen) atoms. The fourth-order valence-corrected chi connectivity index (χ4v) is 4.84. The minimum absolute atomic E-state index is 0.209. The minimum atomic E-state index is -0.490. The number of piperidine rings is 3. The highest BCUT2D eigenvalue weighted by Gasteiger charge is 2.28. The predicted octanol–water partition coefficient (Wildman–Crippen LogP) is 2.22. The Labute approximate surface area is 171 Å². The molecule has 3 aliphatic heterocycles. The van der Waals surface area contributed by atoms with Crippen LogP contribution < -0.4 is 16.0 Å². The van der Waals surface area contributed by atoms with Crippen LogP contribution in [-0.2, 0) is 9.59 Å². The van der Waals surface area contributed by atoms with Crippen LogP contribution in [0.4, 0.5) is 10.1 Å². The summed E-state index contributed by atoms with van der Waals surface area (Å²) in [5.74, 6) is 0.248. The third-order valence-electron chi connectivity index (χ3n) is 6.58. The Morgan fingerprint density at radius 1 is 1.07 bits per heavy atom. The average molecular weight is 403 g/mol. The van der Waals surface area contributed by atoms with Crippen LogP contribution in [-0.4, -0.2) is 55.5 Å². The van der Waals surface area contributed by atoms with Gasteiger partial charge in [-0.05, 0) is 87.8 Å². The number of rotatable bonds is 5. The Kier molecular flexibility index (Phi) is 6.45. The predicted molar refractivity (Wildman–Crippen MR) is 110 cm³/mol. The van der Waals surface area contributed by atoms with E-state index in [1.165, 1.54) is 25.5 Å². The smallest absolute Gasteiger partial charge is 0.249 e. The normalized spacial score (nSPS) is 25.1. The highest BCUT2D eigenvalue weighted by atomic mass is 19.1. The van der Waals surface area contributed by atoms with Gasteiger partial charge in [0.05, 0.1) is 0 Å². The SMILES string of the molecule is O=C1CC[C@H](Nc2ccc(C3CCN(CC4CCNCC4)CC3)c(F)c2)C(=O)N1. The second-order valence-electron chi connectivity index (χ2n) is 8.65. The maximum atomic E-state index is 14.8. The van der Waals surface area contributed by atoms with E-state index in [2.05, 4.69) is 20.9 Å². The number of hydrogen-bond donors (Lipinski definition) is 3. The zero-order valence-electron chi connectivity index (χ0n) is 16.9. The zero-order valence-corrected chi connectivity index (χ0v) is 16.9. The number of nitrogens with one attached hydrogen (secondary N) is 3. The lowest BCUT2D eigenvalue weighted by atomic mass is 9.88. The summed E-state index contributed by atoms with van der Waals surface area (Å²) in [6.07, 6.45) is 5.24. The molecule has 1 aromatic carbocycles. The zero-order chi connectivity index (χ0) is 20.2. The molecule has 3 fully saturated rings. The van der Waals surface area contributed by atoms with Gasteiger partial charge in [-0.2, -0.15) is 0 Å². The van der Waals surface area contributed by atoms with Crippen LogP contribution in [0.1, 0.15) is 50.0 Å². The molecule has 0 aromatic heterocycles. The van der Waals surface area contributed by atoms with Gasteiger partial charge in [0.15, 0.2) is 0 Å². The van der Waals surface area contributed by atoms with E-state index in [9.17, 15) is 14.0 Å². The van der Waals surface area contributed by atoms with Crippen LogP contribution >= 0.6 is 0 Å². The van der Waals surface area contributed by atoms with Crippen molar-refractivity contribution < 1.29 is 14.0 Å². The van der Waals surface area contributed by atoms with E-state index in [1.54, 1.807) is 0 Å². The van der Waals surface area contributed by atoms with Gasteiger partial charge in [-0.3, -0.25) is 14.9 Å². The van der Waals surface area contributed by atoms with Gasteiger partial charge in [0.1, 0.15) is 11.9 Å². The lowest BCUT2D eigenvalue weighted by molar-refractivity contribution is -0.133. The molecule has 6 nitrogen and oxygen atoms in total. The van der Waals surface area contributed by atoms with E-state index in [0.29, 0.717) is 18.5 Å². The Morgan fingerprint density at radius 3 is 2.52 bits per heavy atom. The van der Waals surface area contributed by atoms with E-state index in [-0.39, 0.29) is 23.5 Å². The molecule has 3 N–H and O–H groups in total. The second-order valence-corrected chi connectivity index (χ2v) is 8.65. The standard InChI is InChI=1S/C22H31FN4O2/c23-19-13-17(25-20-3-4-21(28)26-22(20)29)1-2-18(19)16-7-11-27(12-8-16)14-15-5-9-24-10-6-15/h1-2,13,15-16,20,24-25H,3-12,14H2,(H,26,28,29)/t20-/m0/s1. The van der Waals surface area contributed by atoms with Gasteiger partial charge in [0, 0.05) is 18.7 Å². The quantitative estimate of drug-likeness (QED) is 0.659. The van der Waals surface area contributed by atoms with Crippen molar-refractivity contribution in [1.82, 2.24) is 15.5 Å². The van der Waals surface area contributed by atoms with Crippen molar-refractivity contribution in [1.29, 1.82) is 0 Å². The molecule has 4 rings (SSSR count). The Bertz CT molecular complexity index is 742. The van der Waals surface area contributed by atoms with E-state index in [1.807, 2.05) is 12.1 Å². The lowest BCUT2D eigenvalue weighted by Gasteiger charge is -2.35. The monoisotopic (exact) mass is 402 g/mol. The Morgan fingerprint density at radius 2 is 1.83 bits per heavy atom. The summed E-state index contributed by atoms with van der Waals surface area (Å²) in [5, 5.41) is 8.79. The summed E-state index contributed by atoms with van der Waals surface area (Å²) in [4.78, 5) is 25.7. The third kappa shape index (κ3) is 5.14. The molecule has 0 aliphatic carbocycles. The first kappa shape index (κ1) is 20.3. The van der Waals surface area contributed by atoms with Gasteiger partial charge in [0.2, 0.25) is 11.8 Å². The molecule has 0 radical (unpaired) electrons. The highest BCUT2D eigenvalue weighted by molar-refractivity contribution is 6.01. The Hall–Kier alpha value is -1.99. The average Bonchev–Trinajstić information content (AvgIpc) is 2.72. The van der Waals surface area contributed by atoms with Crippen LogP contribution in [0.3, 0.4) is 0 Å². The minimum Gasteiger partial charge on any atom is -0.374 e. The maximum Gasteiger partial charge on any atom is 0.249 e. The summed E-state index contributed by atoms with van der Waals surface area (Å²) >= 11 is 0. The van der Waals surface area contributed by atoms with E-state index < -0.39 is 6.04 Å². The van der Waals surface area contributed by atoms with Gasteiger partial charge in [-0.15, -0.1) is 0 Å². The van der Waals surface area contributed by atoms with Crippen LogP contribution in [0.5, 0.6) is 0 Å². The molecule has 0 unspecified atom stereocenters. The van der Waals surface area contributed by atoms with Gasteiger partial charge in [-0.25, -0.2) is 4.39 Å². The van der Waals surface area contributed by atoms with Crippen molar-refractivity contribution in [3.8, 4) is 0 Å². The van der Waals surface area contributed by atoms with Crippen molar-refractivity contribution in [2.75, 3.05) is 38.0 Å². The van der Waals surface area contributed by atoms with Crippen LogP contribution in [0, 0.1) is 11.7 Å². The summed E-state index contributed by atoms with van der Waals surface area (Å²) in [6, 6.07) is 4.71. The van der Waals surface area contributed by atoms with Crippen molar-refractivity contribution >= 4 is 17.5 Å². The number of carbonyl (C=O) groups excluding carboxylic acids is 2. The molecule has 3 heterocycles. The maximum absolute atomic E-state index is 14.8. The summed E-state index contributed by atoms with van der Waals surface area (Å²) in [6.45, 7) is 5.50. The van der Waals surface area contributed by atoms with E-state index >= 15 is 0 Å². The fourth-order valence-electron chi connectivity index (χ4n) is 4.84. The second kappa shape index (κ2) is 9.22. The lowest BCUT2D eigenvalue weighted by Crippen LogP contribution is -2.47. The van der Waals surface area contributed by atoms with Crippen molar-refractivity contribution in [3.63, 3.8) is 0 Å². The number of anilines is 1. The number of carbonyl (C=O) groups is 2. The van der Waals surface area contributed by atoms with Crippen molar-refractivity contribution in [2.45, 2.75) is 50.5 Å². The summed E-state index contributed by atoms with van der Waals surface area (Å²) < 4.78 is 14.8. The molecule has 0 saturated carbocycles. The number of imide groups is 1. The van der Waals surface area contributed by atoms with Crippen molar-refractivity contribution in [3.05, 3.63) is 29.6 Å². The first-order chi connectivity index (χ1) is 14.1. The van der Waals surface area contributed by atoms with E-state index in [0.717, 1.165) is 50.5 Å². The van der Waals surface area contributed by atoms with Crippen LogP contribution in [0.25, 0.3) is 0 Å². The fraction of sp³-hybridized carbons (Fsp3) is 0.636. The largest absolute Gasteiger partial charge is 0.374 e.